The third-order valence-corrected chi connectivity index (χ3v) is 3.95. The Morgan fingerprint density at radius 1 is 1.10 bits per heavy atom. The van der Waals surface area contributed by atoms with Crippen LogP contribution in [0.2, 0.25) is 0 Å². The largest absolute Gasteiger partial charge is 0.478 e. The number of anilines is 1. The van der Waals surface area contributed by atoms with Gasteiger partial charge in [0.25, 0.3) is 0 Å². The first kappa shape index (κ1) is 15.4. The predicted molar refractivity (Wildman–Crippen MR) is 81.6 cm³/mol. The van der Waals surface area contributed by atoms with E-state index in [9.17, 15) is 9.59 Å². The van der Waals surface area contributed by atoms with E-state index in [0.29, 0.717) is 12.2 Å². The Morgan fingerprint density at radius 2 is 1.76 bits per heavy atom. The van der Waals surface area contributed by atoms with Gasteiger partial charge in [-0.05, 0) is 36.6 Å². The molecule has 0 atom stereocenters. The Hall–Kier alpha value is -2.04. The van der Waals surface area contributed by atoms with Crippen molar-refractivity contribution in [3.63, 3.8) is 0 Å². The van der Waals surface area contributed by atoms with Crippen LogP contribution in [-0.4, -0.2) is 23.7 Å². The van der Waals surface area contributed by atoms with Gasteiger partial charge in [0.1, 0.15) is 0 Å². The SMILES string of the molecule is O=C(NCCC1CCCCC1)Nc1ccc(C(=O)O)cc1. The lowest BCUT2D eigenvalue weighted by Gasteiger charge is -2.21. The molecule has 1 fully saturated rings. The molecule has 0 saturated heterocycles. The van der Waals surface area contributed by atoms with Crippen LogP contribution in [0.5, 0.6) is 0 Å². The lowest BCUT2D eigenvalue weighted by atomic mass is 9.87. The van der Waals surface area contributed by atoms with Gasteiger partial charge in [0.05, 0.1) is 5.56 Å². The number of hydrogen-bond donors (Lipinski definition) is 3. The number of amides is 2. The van der Waals surface area contributed by atoms with Gasteiger partial charge in [0.2, 0.25) is 0 Å². The molecule has 2 rings (SSSR count). The van der Waals surface area contributed by atoms with Crippen molar-refractivity contribution in [1.29, 1.82) is 0 Å². The van der Waals surface area contributed by atoms with Gasteiger partial charge in [0.15, 0.2) is 0 Å². The van der Waals surface area contributed by atoms with E-state index in [1.54, 1.807) is 12.1 Å². The number of aromatic carboxylic acids is 1. The van der Waals surface area contributed by atoms with Gasteiger partial charge in [-0.3, -0.25) is 0 Å². The Balaban J connectivity index is 1.70. The van der Waals surface area contributed by atoms with Crippen molar-refractivity contribution in [3.8, 4) is 0 Å². The molecule has 1 aromatic rings. The van der Waals surface area contributed by atoms with Crippen LogP contribution < -0.4 is 10.6 Å². The molecule has 0 bridgehead atoms. The van der Waals surface area contributed by atoms with Gasteiger partial charge >= 0.3 is 12.0 Å². The molecule has 3 N–H and O–H groups in total. The minimum Gasteiger partial charge on any atom is -0.478 e. The van der Waals surface area contributed by atoms with Gasteiger partial charge in [0, 0.05) is 12.2 Å². The van der Waals surface area contributed by atoms with E-state index >= 15 is 0 Å². The second kappa shape index (κ2) is 7.67. The minimum absolute atomic E-state index is 0.207. The summed E-state index contributed by atoms with van der Waals surface area (Å²) in [6.45, 7) is 0.684. The van der Waals surface area contributed by atoms with Crippen LogP contribution in [0.1, 0.15) is 48.9 Å². The van der Waals surface area contributed by atoms with Crippen LogP contribution in [0.3, 0.4) is 0 Å². The zero-order valence-electron chi connectivity index (χ0n) is 12.1. The van der Waals surface area contributed by atoms with E-state index in [0.717, 1.165) is 12.3 Å². The van der Waals surface area contributed by atoms with E-state index in [1.807, 2.05) is 0 Å². The first-order valence-corrected chi connectivity index (χ1v) is 7.53. The number of carboxylic acids is 1. The zero-order valence-corrected chi connectivity index (χ0v) is 12.1. The van der Waals surface area contributed by atoms with Crippen molar-refractivity contribution in [2.75, 3.05) is 11.9 Å². The fourth-order valence-electron chi connectivity index (χ4n) is 2.74. The van der Waals surface area contributed by atoms with Gasteiger partial charge in [-0.2, -0.15) is 0 Å². The van der Waals surface area contributed by atoms with Crippen molar-refractivity contribution in [2.45, 2.75) is 38.5 Å². The highest BCUT2D eigenvalue weighted by Gasteiger charge is 2.13. The van der Waals surface area contributed by atoms with E-state index in [2.05, 4.69) is 10.6 Å². The van der Waals surface area contributed by atoms with Crippen molar-refractivity contribution in [3.05, 3.63) is 29.8 Å². The van der Waals surface area contributed by atoms with E-state index in [1.165, 1.54) is 44.2 Å². The summed E-state index contributed by atoms with van der Waals surface area (Å²) in [5, 5.41) is 14.4. The van der Waals surface area contributed by atoms with Crippen molar-refractivity contribution < 1.29 is 14.7 Å². The molecule has 1 saturated carbocycles. The number of nitrogens with one attached hydrogen (secondary N) is 2. The molecule has 0 radical (unpaired) electrons. The highest BCUT2D eigenvalue weighted by atomic mass is 16.4. The summed E-state index contributed by atoms with van der Waals surface area (Å²) in [7, 11) is 0. The fourth-order valence-corrected chi connectivity index (χ4v) is 2.74. The Labute approximate surface area is 124 Å². The van der Waals surface area contributed by atoms with Crippen molar-refractivity contribution in [1.82, 2.24) is 5.32 Å². The molecule has 114 valence electrons. The molecule has 5 heteroatoms. The Morgan fingerprint density at radius 3 is 2.38 bits per heavy atom. The first-order chi connectivity index (χ1) is 10.1. The fraction of sp³-hybridized carbons (Fsp3) is 0.500. The number of carbonyl (C=O) groups excluding carboxylic acids is 1. The molecule has 1 aliphatic carbocycles. The molecule has 1 aromatic carbocycles. The standard InChI is InChI=1S/C16H22N2O3/c19-15(20)13-6-8-14(9-7-13)18-16(21)17-11-10-12-4-2-1-3-5-12/h6-9,12H,1-5,10-11H2,(H,19,20)(H2,17,18,21). The summed E-state index contributed by atoms with van der Waals surface area (Å²) in [5.41, 5.74) is 0.799. The van der Waals surface area contributed by atoms with Crippen LogP contribution >= 0.6 is 0 Å². The van der Waals surface area contributed by atoms with Crippen LogP contribution in [-0.2, 0) is 0 Å². The van der Waals surface area contributed by atoms with Gasteiger partial charge < -0.3 is 15.7 Å². The third kappa shape index (κ3) is 5.10. The maximum Gasteiger partial charge on any atom is 0.335 e. The number of benzene rings is 1. The molecule has 2 amide bonds. The van der Waals surface area contributed by atoms with E-state index < -0.39 is 5.97 Å². The smallest absolute Gasteiger partial charge is 0.335 e. The first-order valence-electron chi connectivity index (χ1n) is 7.53. The summed E-state index contributed by atoms with van der Waals surface area (Å²) in [6, 6.07) is 5.88. The number of rotatable bonds is 5. The topological polar surface area (TPSA) is 78.4 Å². The number of hydrogen-bond acceptors (Lipinski definition) is 2. The summed E-state index contributed by atoms with van der Waals surface area (Å²) in [5.74, 6) is -0.229. The molecule has 0 unspecified atom stereocenters. The molecular formula is C16H22N2O3. The summed E-state index contributed by atoms with van der Waals surface area (Å²) in [4.78, 5) is 22.5. The molecule has 0 heterocycles. The quantitative estimate of drug-likeness (QED) is 0.777. The highest BCUT2D eigenvalue weighted by Crippen LogP contribution is 2.25. The average molecular weight is 290 g/mol. The second-order valence-corrected chi connectivity index (χ2v) is 5.56. The van der Waals surface area contributed by atoms with Crippen molar-refractivity contribution in [2.24, 2.45) is 5.92 Å². The van der Waals surface area contributed by atoms with Gasteiger partial charge in [-0.25, -0.2) is 9.59 Å². The number of urea groups is 1. The molecule has 1 aliphatic rings. The predicted octanol–water partition coefficient (Wildman–Crippen LogP) is 3.48. The monoisotopic (exact) mass is 290 g/mol. The van der Waals surface area contributed by atoms with E-state index in [-0.39, 0.29) is 11.6 Å². The maximum atomic E-state index is 11.7. The minimum atomic E-state index is -0.974. The summed E-state index contributed by atoms with van der Waals surface area (Å²) >= 11 is 0. The molecule has 0 aromatic heterocycles. The van der Waals surface area contributed by atoms with Gasteiger partial charge in [-0.1, -0.05) is 32.1 Å². The van der Waals surface area contributed by atoms with Crippen molar-refractivity contribution >= 4 is 17.7 Å². The molecular weight excluding hydrogens is 268 g/mol. The van der Waals surface area contributed by atoms with Crippen LogP contribution in [0.25, 0.3) is 0 Å². The van der Waals surface area contributed by atoms with E-state index in [4.69, 9.17) is 5.11 Å². The highest BCUT2D eigenvalue weighted by molar-refractivity contribution is 5.91. The number of carboxylic acid groups (broad SMARTS) is 1. The van der Waals surface area contributed by atoms with Gasteiger partial charge in [-0.15, -0.1) is 0 Å². The van der Waals surface area contributed by atoms with Crippen LogP contribution in [0.15, 0.2) is 24.3 Å². The summed E-state index contributed by atoms with van der Waals surface area (Å²) in [6.07, 6.45) is 7.56. The number of carbonyl (C=O) groups is 2. The maximum absolute atomic E-state index is 11.7. The van der Waals surface area contributed by atoms with Crippen LogP contribution in [0, 0.1) is 5.92 Å². The Bertz CT molecular complexity index is 479. The Kier molecular flexibility index (Phi) is 5.60. The lowest BCUT2D eigenvalue weighted by molar-refractivity contribution is 0.0697. The van der Waals surface area contributed by atoms with Crippen LogP contribution in [0.4, 0.5) is 10.5 Å². The second-order valence-electron chi connectivity index (χ2n) is 5.56. The normalized spacial score (nSPS) is 15.4. The zero-order chi connectivity index (χ0) is 15.1. The molecule has 21 heavy (non-hydrogen) atoms. The molecule has 0 spiro atoms. The summed E-state index contributed by atoms with van der Waals surface area (Å²) < 4.78 is 0. The lowest BCUT2D eigenvalue weighted by Crippen LogP contribution is -2.30. The third-order valence-electron chi connectivity index (χ3n) is 3.95. The average Bonchev–Trinajstić information content (AvgIpc) is 2.49. The molecule has 0 aliphatic heterocycles. The molecule has 5 nitrogen and oxygen atoms in total.